The quantitative estimate of drug-likeness (QED) is 0.799. The fraction of sp³-hybridized carbons (Fsp3) is 0.250. The van der Waals surface area contributed by atoms with Crippen LogP contribution in [0.5, 0.6) is 5.88 Å². The summed E-state index contributed by atoms with van der Waals surface area (Å²) < 4.78 is 19.0. The molecule has 20 heavy (non-hydrogen) atoms. The lowest BCUT2D eigenvalue weighted by Crippen LogP contribution is -2.02. The van der Waals surface area contributed by atoms with Crippen molar-refractivity contribution in [3.05, 3.63) is 47.8 Å². The van der Waals surface area contributed by atoms with Gasteiger partial charge in [0, 0.05) is 23.1 Å². The maximum atomic E-state index is 14.0. The van der Waals surface area contributed by atoms with Gasteiger partial charge in [-0.05, 0) is 37.1 Å². The molecule has 0 saturated heterocycles. The van der Waals surface area contributed by atoms with Crippen molar-refractivity contribution in [3.63, 3.8) is 0 Å². The minimum Gasteiger partial charge on any atom is -0.481 e. The zero-order chi connectivity index (χ0) is 14.1. The van der Waals surface area contributed by atoms with Gasteiger partial charge in [-0.3, -0.25) is 4.79 Å². The summed E-state index contributed by atoms with van der Waals surface area (Å²) in [7, 11) is 1.51. The van der Waals surface area contributed by atoms with Crippen molar-refractivity contribution >= 4 is 5.78 Å². The summed E-state index contributed by atoms with van der Waals surface area (Å²) in [6.45, 7) is 0. The summed E-state index contributed by atoms with van der Waals surface area (Å²) >= 11 is 0. The molecule has 0 spiro atoms. The van der Waals surface area contributed by atoms with Crippen LogP contribution in [0.3, 0.4) is 0 Å². The van der Waals surface area contributed by atoms with E-state index in [1.54, 1.807) is 30.3 Å². The molecule has 1 aromatic carbocycles. The molecule has 0 bridgehead atoms. The topological polar surface area (TPSA) is 39.2 Å². The number of aromatic nitrogens is 1. The monoisotopic (exact) mass is 271 g/mol. The number of benzene rings is 1. The van der Waals surface area contributed by atoms with E-state index in [1.165, 1.54) is 13.2 Å². The van der Waals surface area contributed by atoms with E-state index in [2.05, 4.69) is 4.98 Å². The predicted octanol–water partition coefficient (Wildman–Crippen LogP) is 3.49. The molecule has 1 fully saturated rings. The standard InChI is InChI=1S/C16H14FNO2/c1-20-15-4-2-3-14(18-15)12-9-11(7-8-13(12)17)16(19)10-5-6-10/h2-4,7-10H,5-6H2,1H3. The number of ketones is 1. The Labute approximate surface area is 116 Å². The molecule has 1 aliphatic carbocycles. The van der Waals surface area contributed by atoms with E-state index < -0.39 is 5.82 Å². The minimum atomic E-state index is -0.391. The maximum absolute atomic E-state index is 14.0. The molecule has 0 aliphatic heterocycles. The van der Waals surface area contributed by atoms with Gasteiger partial charge < -0.3 is 4.74 Å². The molecule has 0 N–H and O–H groups in total. The molecule has 1 aliphatic rings. The lowest BCUT2D eigenvalue weighted by atomic mass is 10.0. The molecule has 1 heterocycles. The van der Waals surface area contributed by atoms with Crippen LogP contribution < -0.4 is 4.74 Å². The summed E-state index contributed by atoms with van der Waals surface area (Å²) in [4.78, 5) is 16.3. The van der Waals surface area contributed by atoms with Crippen molar-refractivity contribution in [2.24, 2.45) is 5.92 Å². The number of pyridine rings is 1. The second kappa shape index (κ2) is 5.04. The Balaban J connectivity index is 2.02. The first kappa shape index (κ1) is 12.8. The summed E-state index contributed by atoms with van der Waals surface area (Å²) in [6, 6.07) is 9.59. The highest BCUT2D eigenvalue weighted by molar-refractivity contribution is 6.00. The molecule has 102 valence electrons. The van der Waals surface area contributed by atoms with Crippen LogP contribution >= 0.6 is 0 Å². The molecule has 2 aromatic rings. The Morgan fingerprint density at radius 2 is 2.10 bits per heavy atom. The number of rotatable bonds is 4. The van der Waals surface area contributed by atoms with Gasteiger partial charge in [0.05, 0.1) is 12.8 Å². The van der Waals surface area contributed by atoms with Crippen LogP contribution in [-0.4, -0.2) is 17.9 Å². The summed E-state index contributed by atoms with van der Waals surface area (Å²) in [5.74, 6) is 0.236. The molecule has 3 rings (SSSR count). The second-order valence-corrected chi connectivity index (χ2v) is 4.90. The number of halogens is 1. The molecule has 4 heteroatoms. The Bertz CT molecular complexity index is 665. The number of nitrogens with zero attached hydrogens (tertiary/aromatic N) is 1. The summed E-state index contributed by atoms with van der Waals surface area (Å²) in [5, 5.41) is 0. The third-order valence-corrected chi connectivity index (χ3v) is 3.41. The van der Waals surface area contributed by atoms with Crippen molar-refractivity contribution in [2.75, 3.05) is 7.11 Å². The summed E-state index contributed by atoms with van der Waals surface area (Å²) in [6.07, 6.45) is 1.87. The lowest BCUT2D eigenvalue weighted by molar-refractivity contribution is 0.0967. The minimum absolute atomic E-state index is 0.0918. The molecule has 0 amide bonds. The van der Waals surface area contributed by atoms with Gasteiger partial charge in [-0.15, -0.1) is 0 Å². The van der Waals surface area contributed by atoms with Crippen LogP contribution in [-0.2, 0) is 0 Å². The highest BCUT2D eigenvalue weighted by Gasteiger charge is 2.30. The van der Waals surface area contributed by atoms with E-state index >= 15 is 0 Å². The van der Waals surface area contributed by atoms with Crippen molar-refractivity contribution in [1.82, 2.24) is 4.98 Å². The van der Waals surface area contributed by atoms with Crippen LogP contribution in [0.15, 0.2) is 36.4 Å². The first-order valence-electron chi connectivity index (χ1n) is 6.54. The lowest BCUT2D eigenvalue weighted by Gasteiger charge is -2.07. The number of hydrogen-bond donors (Lipinski definition) is 0. The van der Waals surface area contributed by atoms with Crippen molar-refractivity contribution in [2.45, 2.75) is 12.8 Å². The van der Waals surface area contributed by atoms with E-state index in [0.717, 1.165) is 12.8 Å². The SMILES string of the molecule is COc1cccc(-c2cc(C(=O)C3CC3)ccc2F)n1. The number of ether oxygens (including phenoxy) is 1. The van der Waals surface area contributed by atoms with Gasteiger partial charge in [0.15, 0.2) is 5.78 Å². The highest BCUT2D eigenvalue weighted by atomic mass is 19.1. The highest BCUT2D eigenvalue weighted by Crippen LogP contribution is 2.34. The first-order chi connectivity index (χ1) is 9.69. The number of methoxy groups -OCH3 is 1. The molecule has 1 saturated carbocycles. The van der Waals surface area contributed by atoms with Crippen LogP contribution in [0.4, 0.5) is 4.39 Å². The number of carbonyl (C=O) groups is 1. The van der Waals surface area contributed by atoms with Crippen LogP contribution in [0.2, 0.25) is 0 Å². The molecule has 0 radical (unpaired) electrons. The van der Waals surface area contributed by atoms with Crippen molar-refractivity contribution in [1.29, 1.82) is 0 Å². The largest absolute Gasteiger partial charge is 0.481 e. The Morgan fingerprint density at radius 3 is 2.80 bits per heavy atom. The number of Topliss-reactive ketones (excluding diaryl/α,β-unsaturated/α-hetero) is 1. The van der Waals surface area contributed by atoms with E-state index in [4.69, 9.17) is 4.74 Å². The zero-order valence-electron chi connectivity index (χ0n) is 11.1. The van der Waals surface area contributed by atoms with Gasteiger partial charge in [0.25, 0.3) is 0 Å². The average molecular weight is 271 g/mol. The Morgan fingerprint density at radius 1 is 1.30 bits per heavy atom. The van der Waals surface area contributed by atoms with E-state index in [1.807, 2.05) is 0 Å². The van der Waals surface area contributed by atoms with E-state index in [-0.39, 0.29) is 11.7 Å². The molecular formula is C16H14FNO2. The van der Waals surface area contributed by atoms with Gasteiger partial charge in [0.2, 0.25) is 5.88 Å². The van der Waals surface area contributed by atoms with Crippen molar-refractivity contribution < 1.29 is 13.9 Å². The smallest absolute Gasteiger partial charge is 0.213 e. The number of carbonyl (C=O) groups excluding carboxylic acids is 1. The van der Waals surface area contributed by atoms with Gasteiger partial charge in [-0.1, -0.05) is 6.07 Å². The summed E-state index contributed by atoms with van der Waals surface area (Å²) in [5.41, 5.74) is 1.34. The van der Waals surface area contributed by atoms with E-state index in [0.29, 0.717) is 22.7 Å². The van der Waals surface area contributed by atoms with Gasteiger partial charge in [-0.25, -0.2) is 9.37 Å². The normalized spacial score (nSPS) is 14.1. The predicted molar refractivity (Wildman–Crippen MR) is 73.2 cm³/mol. The number of hydrogen-bond acceptors (Lipinski definition) is 3. The van der Waals surface area contributed by atoms with Crippen molar-refractivity contribution in [3.8, 4) is 17.1 Å². The van der Waals surface area contributed by atoms with E-state index in [9.17, 15) is 9.18 Å². The second-order valence-electron chi connectivity index (χ2n) is 4.90. The van der Waals surface area contributed by atoms with Gasteiger partial charge >= 0.3 is 0 Å². The third kappa shape index (κ3) is 2.41. The molecule has 0 atom stereocenters. The Hall–Kier alpha value is -2.23. The molecule has 0 unspecified atom stereocenters. The van der Waals surface area contributed by atoms with Crippen LogP contribution in [0.25, 0.3) is 11.3 Å². The molecule has 3 nitrogen and oxygen atoms in total. The van der Waals surface area contributed by atoms with Gasteiger partial charge in [-0.2, -0.15) is 0 Å². The van der Waals surface area contributed by atoms with Crippen LogP contribution in [0.1, 0.15) is 23.2 Å². The zero-order valence-corrected chi connectivity index (χ0v) is 11.1. The maximum Gasteiger partial charge on any atom is 0.213 e. The fourth-order valence-corrected chi connectivity index (χ4v) is 2.13. The molecular weight excluding hydrogens is 257 g/mol. The molecule has 1 aromatic heterocycles. The third-order valence-electron chi connectivity index (χ3n) is 3.41. The van der Waals surface area contributed by atoms with Gasteiger partial charge in [0.1, 0.15) is 5.82 Å². The fourth-order valence-electron chi connectivity index (χ4n) is 2.13. The average Bonchev–Trinajstić information content (AvgIpc) is 3.32. The Kier molecular flexibility index (Phi) is 3.22. The van der Waals surface area contributed by atoms with Crippen LogP contribution in [0, 0.1) is 11.7 Å². The first-order valence-corrected chi connectivity index (χ1v) is 6.54.